The molecular weight excluding hydrogens is 256 g/mol. The lowest BCUT2D eigenvalue weighted by Crippen LogP contribution is -2.32. The van der Waals surface area contributed by atoms with Gasteiger partial charge in [0, 0.05) is 18.9 Å². The predicted octanol–water partition coefficient (Wildman–Crippen LogP) is 1.42. The highest BCUT2D eigenvalue weighted by molar-refractivity contribution is 5.94. The van der Waals surface area contributed by atoms with Crippen LogP contribution in [0.4, 0.5) is 5.69 Å². The standard InChI is InChI=1S/C12H18N2O3.ClH/c1-9(13)12(15)14-10-4-3-5-11(8-10)17-7-6-16-2;/h3-5,8-9H,6-7,13H2,1-2H3,(H,14,15);1H. The van der Waals surface area contributed by atoms with E-state index in [1.54, 1.807) is 32.2 Å². The molecule has 0 aliphatic heterocycles. The van der Waals surface area contributed by atoms with Gasteiger partial charge in [0.15, 0.2) is 0 Å². The van der Waals surface area contributed by atoms with E-state index in [0.29, 0.717) is 24.7 Å². The van der Waals surface area contributed by atoms with Crippen LogP contribution in [-0.4, -0.2) is 32.3 Å². The summed E-state index contributed by atoms with van der Waals surface area (Å²) in [7, 11) is 1.61. The lowest BCUT2D eigenvalue weighted by Gasteiger charge is -2.10. The van der Waals surface area contributed by atoms with Gasteiger partial charge in [0.1, 0.15) is 12.4 Å². The maximum atomic E-state index is 11.4. The normalized spacial score (nSPS) is 11.3. The Bertz CT molecular complexity index is 372. The van der Waals surface area contributed by atoms with Crippen LogP contribution in [0, 0.1) is 0 Å². The van der Waals surface area contributed by atoms with E-state index in [1.165, 1.54) is 0 Å². The first-order valence-electron chi connectivity index (χ1n) is 5.41. The molecule has 102 valence electrons. The minimum absolute atomic E-state index is 0. The maximum absolute atomic E-state index is 11.4. The topological polar surface area (TPSA) is 73.6 Å². The molecule has 0 bridgehead atoms. The first-order chi connectivity index (χ1) is 8.13. The molecule has 5 nitrogen and oxygen atoms in total. The van der Waals surface area contributed by atoms with Gasteiger partial charge in [-0.25, -0.2) is 0 Å². The van der Waals surface area contributed by atoms with Crippen LogP contribution in [0.5, 0.6) is 5.75 Å². The summed E-state index contributed by atoms with van der Waals surface area (Å²) in [6, 6.07) is 6.61. The van der Waals surface area contributed by atoms with Gasteiger partial charge in [-0.15, -0.1) is 12.4 Å². The van der Waals surface area contributed by atoms with Gasteiger partial charge in [0.05, 0.1) is 12.6 Å². The monoisotopic (exact) mass is 274 g/mol. The summed E-state index contributed by atoms with van der Waals surface area (Å²) in [6.07, 6.45) is 0. The van der Waals surface area contributed by atoms with Crippen molar-refractivity contribution in [3.63, 3.8) is 0 Å². The summed E-state index contributed by atoms with van der Waals surface area (Å²) < 4.78 is 10.3. The first kappa shape index (κ1) is 16.7. The van der Waals surface area contributed by atoms with E-state index in [0.717, 1.165) is 0 Å². The third kappa shape index (κ3) is 5.86. The van der Waals surface area contributed by atoms with Crippen molar-refractivity contribution < 1.29 is 14.3 Å². The molecule has 0 radical (unpaired) electrons. The number of halogens is 1. The number of hydrogen-bond donors (Lipinski definition) is 2. The molecule has 0 heterocycles. The number of nitrogens with two attached hydrogens (primary N) is 1. The average molecular weight is 275 g/mol. The Morgan fingerprint density at radius 1 is 1.44 bits per heavy atom. The number of amides is 1. The summed E-state index contributed by atoms with van der Waals surface area (Å²) in [5, 5.41) is 2.70. The van der Waals surface area contributed by atoms with Crippen molar-refractivity contribution in [3.8, 4) is 5.75 Å². The van der Waals surface area contributed by atoms with Gasteiger partial charge < -0.3 is 20.5 Å². The minimum Gasteiger partial charge on any atom is -0.491 e. The van der Waals surface area contributed by atoms with Gasteiger partial charge >= 0.3 is 0 Å². The number of anilines is 1. The Hall–Kier alpha value is -1.30. The lowest BCUT2D eigenvalue weighted by molar-refractivity contribution is -0.117. The summed E-state index contributed by atoms with van der Waals surface area (Å²) >= 11 is 0. The number of methoxy groups -OCH3 is 1. The molecule has 1 aromatic carbocycles. The van der Waals surface area contributed by atoms with E-state index < -0.39 is 6.04 Å². The predicted molar refractivity (Wildman–Crippen MR) is 73.3 cm³/mol. The third-order valence-corrected chi connectivity index (χ3v) is 2.07. The largest absolute Gasteiger partial charge is 0.491 e. The summed E-state index contributed by atoms with van der Waals surface area (Å²) in [4.78, 5) is 11.4. The molecule has 1 rings (SSSR count). The number of carbonyl (C=O) groups excluding carboxylic acids is 1. The zero-order valence-corrected chi connectivity index (χ0v) is 11.3. The molecule has 1 atom stereocenters. The number of ether oxygens (including phenoxy) is 2. The highest BCUT2D eigenvalue weighted by Gasteiger charge is 2.07. The molecule has 0 saturated carbocycles. The second-order valence-electron chi connectivity index (χ2n) is 3.65. The van der Waals surface area contributed by atoms with E-state index in [2.05, 4.69) is 5.32 Å². The van der Waals surface area contributed by atoms with Crippen molar-refractivity contribution in [2.45, 2.75) is 13.0 Å². The molecule has 6 heteroatoms. The van der Waals surface area contributed by atoms with Crippen molar-refractivity contribution in [2.24, 2.45) is 5.73 Å². The Kier molecular flexibility index (Phi) is 8.11. The molecule has 0 aliphatic rings. The van der Waals surface area contributed by atoms with Gasteiger partial charge in [-0.3, -0.25) is 4.79 Å². The van der Waals surface area contributed by atoms with Crippen molar-refractivity contribution in [2.75, 3.05) is 25.6 Å². The Morgan fingerprint density at radius 3 is 2.78 bits per heavy atom. The van der Waals surface area contributed by atoms with Crippen LogP contribution in [-0.2, 0) is 9.53 Å². The van der Waals surface area contributed by atoms with Crippen LogP contribution in [0.1, 0.15) is 6.92 Å². The quantitative estimate of drug-likeness (QED) is 0.770. The molecule has 0 saturated heterocycles. The average Bonchev–Trinajstić information content (AvgIpc) is 2.30. The molecule has 0 spiro atoms. The zero-order valence-electron chi connectivity index (χ0n) is 10.5. The van der Waals surface area contributed by atoms with E-state index in [9.17, 15) is 4.79 Å². The van der Waals surface area contributed by atoms with Crippen LogP contribution < -0.4 is 15.8 Å². The zero-order chi connectivity index (χ0) is 12.7. The van der Waals surface area contributed by atoms with Gasteiger partial charge in [0.2, 0.25) is 5.91 Å². The molecule has 1 aromatic rings. The van der Waals surface area contributed by atoms with Crippen molar-refractivity contribution in [3.05, 3.63) is 24.3 Å². The van der Waals surface area contributed by atoms with Gasteiger partial charge in [-0.1, -0.05) is 6.07 Å². The fourth-order valence-corrected chi connectivity index (χ4v) is 1.16. The number of benzene rings is 1. The van der Waals surface area contributed by atoms with Crippen molar-refractivity contribution in [1.29, 1.82) is 0 Å². The van der Waals surface area contributed by atoms with Gasteiger partial charge in [-0.2, -0.15) is 0 Å². The number of nitrogens with one attached hydrogen (secondary N) is 1. The smallest absolute Gasteiger partial charge is 0.241 e. The minimum atomic E-state index is -0.534. The van der Waals surface area contributed by atoms with Gasteiger partial charge in [-0.05, 0) is 19.1 Å². The van der Waals surface area contributed by atoms with Crippen LogP contribution in [0.2, 0.25) is 0 Å². The third-order valence-electron chi connectivity index (χ3n) is 2.07. The van der Waals surface area contributed by atoms with Crippen molar-refractivity contribution >= 4 is 24.0 Å². The first-order valence-corrected chi connectivity index (χ1v) is 5.41. The summed E-state index contributed by atoms with van der Waals surface area (Å²) in [6.45, 7) is 2.63. The van der Waals surface area contributed by atoms with E-state index >= 15 is 0 Å². The number of rotatable bonds is 6. The highest BCUT2D eigenvalue weighted by Crippen LogP contribution is 2.17. The van der Waals surface area contributed by atoms with Crippen LogP contribution in [0.3, 0.4) is 0 Å². The molecule has 0 aliphatic carbocycles. The molecule has 1 unspecified atom stereocenters. The Balaban J connectivity index is 0.00000289. The number of hydrogen-bond acceptors (Lipinski definition) is 4. The van der Waals surface area contributed by atoms with E-state index in [1.807, 2.05) is 6.07 Å². The van der Waals surface area contributed by atoms with Crippen LogP contribution in [0.25, 0.3) is 0 Å². The second-order valence-corrected chi connectivity index (χ2v) is 3.65. The number of carbonyl (C=O) groups is 1. The maximum Gasteiger partial charge on any atom is 0.241 e. The van der Waals surface area contributed by atoms with Gasteiger partial charge in [0.25, 0.3) is 0 Å². The molecule has 0 fully saturated rings. The lowest BCUT2D eigenvalue weighted by atomic mass is 10.2. The van der Waals surface area contributed by atoms with Crippen LogP contribution >= 0.6 is 12.4 Å². The molecule has 1 amide bonds. The van der Waals surface area contributed by atoms with E-state index in [4.69, 9.17) is 15.2 Å². The molecule has 18 heavy (non-hydrogen) atoms. The fraction of sp³-hybridized carbons (Fsp3) is 0.417. The Morgan fingerprint density at radius 2 is 2.17 bits per heavy atom. The van der Waals surface area contributed by atoms with E-state index in [-0.39, 0.29) is 18.3 Å². The fourth-order valence-electron chi connectivity index (χ4n) is 1.16. The van der Waals surface area contributed by atoms with Crippen LogP contribution in [0.15, 0.2) is 24.3 Å². The SMILES string of the molecule is COCCOc1cccc(NC(=O)C(C)N)c1.Cl. The molecule has 3 N–H and O–H groups in total. The second kappa shape index (κ2) is 8.74. The molecular formula is C12H19ClN2O3. The van der Waals surface area contributed by atoms with Crippen molar-refractivity contribution in [1.82, 2.24) is 0 Å². The summed E-state index contributed by atoms with van der Waals surface area (Å²) in [5.74, 6) is 0.462. The Labute approximate surface area is 113 Å². The molecule has 0 aromatic heterocycles. The summed E-state index contributed by atoms with van der Waals surface area (Å²) in [5.41, 5.74) is 6.13. The highest BCUT2D eigenvalue weighted by atomic mass is 35.5.